The van der Waals surface area contributed by atoms with Crippen LogP contribution in [0.3, 0.4) is 0 Å². The number of hydrogen-bond donors (Lipinski definition) is 2. The molecule has 3 heterocycles. The lowest BCUT2D eigenvalue weighted by atomic mass is 10.1. The van der Waals surface area contributed by atoms with Crippen LogP contribution in [0, 0.1) is 6.92 Å². The van der Waals surface area contributed by atoms with Crippen LogP contribution >= 0.6 is 27.3 Å². The molecule has 6 nitrogen and oxygen atoms in total. The Hall–Kier alpha value is -2.45. The molecule has 8 heteroatoms. The first-order valence-corrected chi connectivity index (χ1v) is 11.3. The van der Waals surface area contributed by atoms with Crippen molar-refractivity contribution in [1.29, 1.82) is 0 Å². The zero-order valence-electron chi connectivity index (χ0n) is 16.1. The number of aryl methyl sites for hydroxylation is 1. The largest absolute Gasteiger partial charge is 0.341 e. The first kappa shape index (κ1) is 19.8. The summed E-state index contributed by atoms with van der Waals surface area (Å²) < 4.78 is 0.913. The first-order chi connectivity index (χ1) is 14.1. The molecule has 0 spiro atoms. The SMILES string of the molecule is Cc1cc(Nc2ccc(NC(=O)c3cc(Br)cs3)cc2)nc(N2CCCCC2)n1. The van der Waals surface area contributed by atoms with Crippen molar-refractivity contribution in [2.24, 2.45) is 0 Å². The van der Waals surface area contributed by atoms with Gasteiger partial charge in [0.15, 0.2) is 0 Å². The zero-order valence-corrected chi connectivity index (χ0v) is 18.5. The van der Waals surface area contributed by atoms with Gasteiger partial charge in [0, 0.05) is 46.1 Å². The van der Waals surface area contributed by atoms with Gasteiger partial charge in [0.25, 0.3) is 5.91 Å². The van der Waals surface area contributed by atoms with E-state index in [-0.39, 0.29) is 5.91 Å². The Bertz CT molecular complexity index is 999. The summed E-state index contributed by atoms with van der Waals surface area (Å²) in [4.78, 5) is 24.5. The molecular weight excluding hydrogens is 450 g/mol. The highest BCUT2D eigenvalue weighted by molar-refractivity contribution is 9.10. The lowest BCUT2D eigenvalue weighted by Crippen LogP contribution is -2.31. The van der Waals surface area contributed by atoms with Crippen LogP contribution < -0.4 is 15.5 Å². The van der Waals surface area contributed by atoms with E-state index in [1.807, 2.05) is 48.7 Å². The summed E-state index contributed by atoms with van der Waals surface area (Å²) in [6, 6.07) is 11.4. The molecule has 0 bridgehead atoms. The number of carbonyl (C=O) groups is 1. The molecule has 1 aliphatic heterocycles. The van der Waals surface area contributed by atoms with Crippen molar-refractivity contribution in [3.63, 3.8) is 0 Å². The highest BCUT2D eigenvalue weighted by atomic mass is 79.9. The summed E-state index contributed by atoms with van der Waals surface area (Å²) in [6.45, 7) is 4.01. The molecule has 0 aliphatic carbocycles. The maximum atomic E-state index is 12.3. The number of benzene rings is 1. The van der Waals surface area contributed by atoms with Gasteiger partial charge in [-0.25, -0.2) is 4.98 Å². The third-order valence-electron chi connectivity index (χ3n) is 4.69. The molecule has 1 aromatic carbocycles. The van der Waals surface area contributed by atoms with E-state index in [9.17, 15) is 4.79 Å². The third-order valence-corrected chi connectivity index (χ3v) is 6.38. The van der Waals surface area contributed by atoms with E-state index in [1.165, 1.54) is 30.6 Å². The van der Waals surface area contributed by atoms with Gasteiger partial charge in [0.1, 0.15) is 5.82 Å². The van der Waals surface area contributed by atoms with Gasteiger partial charge in [-0.05, 0) is 72.4 Å². The van der Waals surface area contributed by atoms with Crippen molar-refractivity contribution in [1.82, 2.24) is 9.97 Å². The van der Waals surface area contributed by atoms with Crippen LogP contribution in [-0.4, -0.2) is 29.0 Å². The molecule has 0 saturated carbocycles. The fraction of sp³-hybridized carbons (Fsp3) is 0.286. The molecule has 1 saturated heterocycles. The lowest BCUT2D eigenvalue weighted by molar-refractivity contribution is 0.103. The number of halogens is 1. The summed E-state index contributed by atoms with van der Waals surface area (Å²) in [5.74, 6) is 1.45. The smallest absolute Gasteiger partial charge is 0.265 e. The first-order valence-electron chi connectivity index (χ1n) is 9.60. The Kier molecular flexibility index (Phi) is 6.10. The summed E-state index contributed by atoms with van der Waals surface area (Å²) in [5.41, 5.74) is 2.59. The molecule has 3 aromatic rings. The Morgan fingerprint density at radius 1 is 1.07 bits per heavy atom. The van der Waals surface area contributed by atoms with Crippen LogP contribution in [-0.2, 0) is 0 Å². The summed E-state index contributed by atoms with van der Waals surface area (Å²) in [6.07, 6.45) is 3.66. The third kappa shape index (κ3) is 5.13. The van der Waals surface area contributed by atoms with Crippen molar-refractivity contribution in [3.8, 4) is 0 Å². The van der Waals surface area contributed by atoms with E-state index in [4.69, 9.17) is 4.98 Å². The van der Waals surface area contributed by atoms with Crippen molar-refractivity contribution >= 4 is 56.3 Å². The van der Waals surface area contributed by atoms with Gasteiger partial charge in [-0.3, -0.25) is 4.79 Å². The van der Waals surface area contributed by atoms with Gasteiger partial charge in [-0.15, -0.1) is 11.3 Å². The van der Waals surface area contributed by atoms with Gasteiger partial charge in [0.05, 0.1) is 4.88 Å². The minimum atomic E-state index is -0.112. The maximum absolute atomic E-state index is 12.3. The van der Waals surface area contributed by atoms with Crippen LogP contribution in [0.25, 0.3) is 0 Å². The zero-order chi connectivity index (χ0) is 20.2. The van der Waals surface area contributed by atoms with E-state index in [0.717, 1.165) is 46.4 Å². The van der Waals surface area contributed by atoms with Gasteiger partial charge < -0.3 is 15.5 Å². The number of amides is 1. The minimum Gasteiger partial charge on any atom is -0.341 e. The van der Waals surface area contributed by atoms with Crippen molar-refractivity contribution in [3.05, 3.63) is 56.8 Å². The molecule has 4 rings (SSSR count). The number of hydrogen-bond acceptors (Lipinski definition) is 6. The predicted molar refractivity (Wildman–Crippen MR) is 123 cm³/mol. The van der Waals surface area contributed by atoms with Gasteiger partial charge in [0.2, 0.25) is 5.95 Å². The minimum absolute atomic E-state index is 0.112. The Morgan fingerprint density at radius 3 is 2.48 bits per heavy atom. The fourth-order valence-corrected chi connectivity index (χ4v) is 4.58. The molecule has 2 aromatic heterocycles. The summed E-state index contributed by atoms with van der Waals surface area (Å²) >= 11 is 4.78. The fourth-order valence-electron chi connectivity index (χ4n) is 3.26. The number of carbonyl (C=O) groups excluding carboxylic acids is 1. The molecule has 0 unspecified atom stereocenters. The second-order valence-corrected chi connectivity index (χ2v) is 8.85. The molecule has 2 N–H and O–H groups in total. The molecule has 1 amide bonds. The number of nitrogens with zero attached hydrogens (tertiary/aromatic N) is 3. The van der Waals surface area contributed by atoms with Crippen molar-refractivity contribution in [2.75, 3.05) is 28.6 Å². The maximum Gasteiger partial charge on any atom is 0.265 e. The number of piperidine rings is 1. The molecule has 150 valence electrons. The molecule has 0 atom stereocenters. The Labute approximate surface area is 182 Å². The monoisotopic (exact) mass is 471 g/mol. The highest BCUT2D eigenvalue weighted by Crippen LogP contribution is 2.24. The number of rotatable bonds is 5. The van der Waals surface area contributed by atoms with Gasteiger partial charge >= 0.3 is 0 Å². The van der Waals surface area contributed by atoms with E-state index in [2.05, 4.69) is 36.4 Å². The Balaban J connectivity index is 1.43. The van der Waals surface area contributed by atoms with Crippen molar-refractivity contribution < 1.29 is 4.79 Å². The van der Waals surface area contributed by atoms with Crippen LogP contribution in [0.4, 0.5) is 23.1 Å². The van der Waals surface area contributed by atoms with Gasteiger partial charge in [-0.2, -0.15) is 4.98 Å². The van der Waals surface area contributed by atoms with E-state index in [1.54, 1.807) is 0 Å². The topological polar surface area (TPSA) is 70.2 Å². The van der Waals surface area contributed by atoms with E-state index >= 15 is 0 Å². The molecular formula is C21H22BrN5OS. The average Bonchev–Trinajstić information content (AvgIpc) is 3.16. The summed E-state index contributed by atoms with van der Waals surface area (Å²) in [5, 5.41) is 8.15. The van der Waals surface area contributed by atoms with Crippen LogP contribution in [0.15, 0.2) is 46.3 Å². The average molecular weight is 472 g/mol. The second-order valence-electron chi connectivity index (χ2n) is 7.03. The number of anilines is 4. The van der Waals surface area contributed by atoms with Crippen LogP contribution in [0.1, 0.15) is 34.6 Å². The molecule has 29 heavy (non-hydrogen) atoms. The molecule has 0 radical (unpaired) electrons. The van der Waals surface area contributed by atoms with Crippen molar-refractivity contribution in [2.45, 2.75) is 26.2 Å². The van der Waals surface area contributed by atoms with Crippen LogP contribution in [0.2, 0.25) is 0 Å². The van der Waals surface area contributed by atoms with Gasteiger partial charge in [-0.1, -0.05) is 0 Å². The second kappa shape index (κ2) is 8.92. The number of thiophene rings is 1. The molecule has 1 fully saturated rings. The summed E-state index contributed by atoms with van der Waals surface area (Å²) in [7, 11) is 0. The van der Waals surface area contributed by atoms with E-state index < -0.39 is 0 Å². The predicted octanol–water partition coefficient (Wildman–Crippen LogP) is 5.60. The Morgan fingerprint density at radius 2 is 1.79 bits per heavy atom. The standard InChI is InChI=1S/C21H22BrN5OS/c1-14-11-19(26-21(23-14)27-9-3-2-4-10-27)24-16-5-7-17(8-6-16)25-20(28)18-12-15(22)13-29-18/h5-8,11-13H,2-4,9-10H2,1H3,(H,25,28)(H,23,24,26). The highest BCUT2D eigenvalue weighted by Gasteiger charge is 2.15. The lowest BCUT2D eigenvalue weighted by Gasteiger charge is -2.27. The molecule has 1 aliphatic rings. The number of nitrogens with one attached hydrogen (secondary N) is 2. The van der Waals surface area contributed by atoms with Crippen LogP contribution in [0.5, 0.6) is 0 Å². The normalized spacial score (nSPS) is 13.9. The number of aromatic nitrogens is 2. The van der Waals surface area contributed by atoms with E-state index in [0.29, 0.717) is 4.88 Å². The quantitative estimate of drug-likeness (QED) is 0.506.